The van der Waals surface area contributed by atoms with Gasteiger partial charge in [-0.2, -0.15) is 0 Å². The average molecular weight is 266 g/mol. The van der Waals surface area contributed by atoms with Crippen molar-refractivity contribution in [1.82, 2.24) is 10.3 Å². The van der Waals surface area contributed by atoms with Crippen molar-refractivity contribution >= 4 is 11.3 Å². The van der Waals surface area contributed by atoms with Crippen LogP contribution in [0.15, 0.2) is 5.38 Å². The summed E-state index contributed by atoms with van der Waals surface area (Å²) in [6, 6.07) is 0. The van der Waals surface area contributed by atoms with Gasteiger partial charge in [0, 0.05) is 5.38 Å². The minimum absolute atomic E-state index is 0.170. The smallest absolute Gasteiger partial charge is 0.113 e. The molecule has 1 N–H and O–H groups in total. The number of rotatable bonds is 4. The van der Waals surface area contributed by atoms with Gasteiger partial charge in [-0.15, -0.1) is 11.3 Å². The predicted molar refractivity (Wildman–Crippen MR) is 79.3 cm³/mol. The average Bonchev–Trinajstić information content (AvgIpc) is 2.73. The first kappa shape index (κ1) is 14.0. The molecule has 1 aromatic heterocycles. The van der Waals surface area contributed by atoms with E-state index in [1.807, 2.05) is 11.3 Å². The third kappa shape index (κ3) is 2.94. The van der Waals surface area contributed by atoms with E-state index in [1.165, 1.54) is 49.2 Å². The lowest BCUT2D eigenvalue weighted by atomic mass is 9.90. The van der Waals surface area contributed by atoms with Crippen LogP contribution in [-0.2, 0) is 5.54 Å². The summed E-state index contributed by atoms with van der Waals surface area (Å²) in [5.41, 5.74) is 1.43. The summed E-state index contributed by atoms with van der Waals surface area (Å²) in [5.74, 6) is 0.541. The molecule has 0 radical (unpaired) electrons. The van der Waals surface area contributed by atoms with Gasteiger partial charge >= 0.3 is 0 Å². The first-order valence-electron chi connectivity index (χ1n) is 7.39. The van der Waals surface area contributed by atoms with Crippen molar-refractivity contribution in [1.29, 1.82) is 0 Å². The molecule has 2 rings (SSSR count). The lowest BCUT2D eigenvalue weighted by Crippen LogP contribution is -2.41. The SMILES string of the molecule is CCNC1(c2nc(C(C)C)cs2)CCCCCC1. The topological polar surface area (TPSA) is 24.9 Å². The Balaban J connectivity index is 2.26. The molecule has 0 aliphatic heterocycles. The second-order valence-corrected chi connectivity index (χ2v) is 6.62. The van der Waals surface area contributed by atoms with E-state index >= 15 is 0 Å². The highest BCUT2D eigenvalue weighted by molar-refractivity contribution is 7.09. The molecule has 1 fully saturated rings. The molecule has 2 nitrogen and oxygen atoms in total. The van der Waals surface area contributed by atoms with Gasteiger partial charge in [-0.1, -0.05) is 46.5 Å². The van der Waals surface area contributed by atoms with Gasteiger partial charge < -0.3 is 5.32 Å². The Morgan fingerprint density at radius 2 is 1.94 bits per heavy atom. The largest absolute Gasteiger partial charge is 0.306 e. The molecule has 0 spiro atoms. The molecule has 18 heavy (non-hydrogen) atoms. The van der Waals surface area contributed by atoms with Gasteiger partial charge in [-0.25, -0.2) is 4.98 Å². The Hall–Kier alpha value is -0.410. The summed E-state index contributed by atoms with van der Waals surface area (Å²) in [6.07, 6.45) is 7.95. The van der Waals surface area contributed by atoms with Gasteiger partial charge in [0.25, 0.3) is 0 Å². The first-order valence-corrected chi connectivity index (χ1v) is 8.27. The highest BCUT2D eigenvalue weighted by Gasteiger charge is 2.34. The Morgan fingerprint density at radius 3 is 2.44 bits per heavy atom. The highest BCUT2D eigenvalue weighted by Crippen LogP contribution is 2.38. The van der Waals surface area contributed by atoms with E-state index in [0.717, 1.165) is 6.54 Å². The van der Waals surface area contributed by atoms with E-state index < -0.39 is 0 Å². The number of hydrogen-bond donors (Lipinski definition) is 1. The van der Waals surface area contributed by atoms with Crippen LogP contribution in [0.4, 0.5) is 0 Å². The van der Waals surface area contributed by atoms with E-state index in [4.69, 9.17) is 4.98 Å². The zero-order valence-corrected chi connectivity index (χ0v) is 12.8. The quantitative estimate of drug-likeness (QED) is 0.816. The molecule has 1 aliphatic carbocycles. The maximum absolute atomic E-state index is 4.92. The third-order valence-electron chi connectivity index (χ3n) is 4.00. The molecule has 3 heteroatoms. The molecule has 1 heterocycles. The monoisotopic (exact) mass is 266 g/mol. The van der Waals surface area contributed by atoms with E-state index in [0.29, 0.717) is 5.92 Å². The summed E-state index contributed by atoms with van der Waals surface area (Å²) in [4.78, 5) is 4.92. The third-order valence-corrected chi connectivity index (χ3v) is 5.06. The Bertz CT molecular complexity index is 362. The van der Waals surface area contributed by atoms with Crippen molar-refractivity contribution in [2.75, 3.05) is 6.54 Å². The van der Waals surface area contributed by atoms with Gasteiger partial charge in [-0.05, 0) is 25.3 Å². The Morgan fingerprint density at radius 1 is 1.28 bits per heavy atom. The van der Waals surface area contributed by atoms with Crippen molar-refractivity contribution in [2.24, 2.45) is 0 Å². The number of thiazole rings is 1. The molecular weight excluding hydrogens is 240 g/mol. The fraction of sp³-hybridized carbons (Fsp3) is 0.800. The van der Waals surface area contributed by atoms with Gasteiger partial charge in [0.05, 0.1) is 11.2 Å². The molecule has 0 amide bonds. The van der Waals surface area contributed by atoms with Crippen LogP contribution in [0.5, 0.6) is 0 Å². The van der Waals surface area contributed by atoms with Crippen molar-refractivity contribution in [3.05, 3.63) is 16.1 Å². The fourth-order valence-corrected chi connectivity index (χ4v) is 4.13. The van der Waals surface area contributed by atoms with Gasteiger partial charge in [-0.3, -0.25) is 0 Å². The normalized spacial score (nSPS) is 20.0. The summed E-state index contributed by atoms with van der Waals surface area (Å²) in [7, 11) is 0. The van der Waals surface area contributed by atoms with Crippen LogP contribution in [0.2, 0.25) is 0 Å². The zero-order valence-electron chi connectivity index (χ0n) is 12.0. The molecule has 102 valence electrons. The van der Waals surface area contributed by atoms with Crippen LogP contribution in [0.25, 0.3) is 0 Å². The molecule has 0 bridgehead atoms. The predicted octanol–water partition coefficient (Wildman–Crippen LogP) is 4.43. The summed E-state index contributed by atoms with van der Waals surface area (Å²) in [6.45, 7) is 7.71. The summed E-state index contributed by atoms with van der Waals surface area (Å²) < 4.78 is 0. The molecule has 1 saturated carbocycles. The maximum Gasteiger partial charge on any atom is 0.113 e. The number of aromatic nitrogens is 1. The van der Waals surface area contributed by atoms with Gasteiger partial charge in [0.1, 0.15) is 5.01 Å². The van der Waals surface area contributed by atoms with Crippen LogP contribution in [0.1, 0.15) is 75.9 Å². The van der Waals surface area contributed by atoms with Crippen molar-refractivity contribution < 1.29 is 0 Å². The second kappa shape index (κ2) is 6.16. The molecule has 1 aliphatic rings. The molecule has 0 saturated heterocycles. The van der Waals surface area contributed by atoms with Crippen LogP contribution >= 0.6 is 11.3 Å². The molecular formula is C15H26N2S. The molecule has 1 aromatic rings. The van der Waals surface area contributed by atoms with Gasteiger partial charge in [0.15, 0.2) is 0 Å². The standard InChI is InChI=1S/C15H26N2S/c1-4-16-15(9-7-5-6-8-10-15)14-17-13(11-18-14)12(2)3/h11-12,16H,4-10H2,1-3H3. The van der Waals surface area contributed by atoms with Crippen LogP contribution in [0, 0.1) is 0 Å². The van der Waals surface area contributed by atoms with Crippen molar-refractivity contribution in [2.45, 2.75) is 70.8 Å². The maximum atomic E-state index is 4.92. The van der Waals surface area contributed by atoms with Gasteiger partial charge in [0.2, 0.25) is 0 Å². The number of nitrogens with one attached hydrogen (secondary N) is 1. The van der Waals surface area contributed by atoms with E-state index in [2.05, 4.69) is 31.5 Å². The lowest BCUT2D eigenvalue weighted by Gasteiger charge is -2.31. The first-order chi connectivity index (χ1) is 8.68. The summed E-state index contributed by atoms with van der Waals surface area (Å²) >= 11 is 1.86. The van der Waals surface area contributed by atoms with Crippen molar-refractivity contribution in [3.8, 4) is 0 Å². The minimum atomic E-state index is 0.170. The van der Waals surface area contributed by atoms with E-state index in [1.54, 1.807) is 0 Å². The summed E-state index contributed by atoms with van der Waals surface area (Å²) in [5, 5.41) is 7.34. The van der Waals surface area contributed by atoms with Crippen molar-refractivity contribution in [3.63, 3.8) is 0 Å². The molecule has 0 aromatic carbocycles. The number of nitrogens with zero attached hydrogens (tertiary/aromatic N) is 1. The molecule has 0 unspecified atom stereocenters. The lowest BCUT2D eigenvalue weighted by molar-refractivity contribution is 0.295. The highest BCUT2D eigenvalue weighted by atomic mass is 32.1. The Labute approximate surface area is 115 Å². The van der Waals surface area contributed by atoms with Crippen LogP contribution in [0.3, 0.4) is 0 Å². The Kier molecular flexibility index (Phi) is 4.79. The fourth-order valence-electron chi connectivity index (χ4n) is 2.91. The second-order valence-electron chi connectivity index (χ2n) is 5.76. The van der Waals surface area contributed by atoms with E-state index in [-0.39, 0.29) is 5.54 Å². The minimum Gasteiger partial charge on any atom is -0.306 e. The molecule has 0 atom stereocenters. The zero-order chi connectivity index (χ0) is 13.0. The van der Waals surface area contributed by atoms with Crippen LogP contribution in [-0.4, -0.2) is 11.5 Å². The van der Waals surface area contributed by atoms with Crippen LogP contribution < -0.4 is 5.32 Å². The van der Waals surface area contributed by atoms with E-state index in [9.17, 15) is 0 Å². The number of hydrogen-bond acceptors (Lipinski definition) is 3.